The molecule has 1 saturated heterocycles. The predicted molar refractivity (Wildman–Crippen MR) is 104 cm³/mol. The molecular weight excluding hydrogens is 328 g/mol. The number of aromatic nitrogens is 1. The average molecular weight is 354 g/mol. The van der Waals surface area contributed by atoms with Crippen LogP contribution in [0.4, 0.5) is 5.82 Å². The highest BCUT2D eigenvalue weighted by Crippen LogP contribution is 2.26. The van der Waals surface area contributed by atoms with Crippen molar-refractivity contribution in [3.05, 3.63) is 47.3 Å². The minimum atomic E-state index is -0.0194. The first kappa shape index (κ1) is 18.3. The highest BCUT2D eigenvalue weighted by molar-refractivity contribution is 5.98. The maximum Gasteiger partial charge on any atom is 0.253 e. The Hall–Kier alpha value is -2.47. The molecule has 0 unspecified atom stereocenters. The molecule has 0 spiro atoms. The Kier molecular flexibility index (Phi) is 5.83. The van der Waals surface area contributed by atoms with Gasteiger partial charge in [0.1, 0.15) is 5.82 Å². The molecule has 2 aliphatic heterocycles. The van der Waals surface area contributed by atoms with E-state index in [1.54, 1.807) is 6.21 Å². The topological polar surface area (TPSA) is 66.8 Å². The van der Waals surface area contributed by atoms with E-state index in [4.69, 9.17) is 9.72 Å². The van der Waals surface area contributed by atoms with Crippen LogP contribution < -0.4 is 10.2 Å². The summed E-state index contributed by atoms with van der Waals surface area (Å²) in [7, 11) is 0. The highest BCUT2D eigenvalue weighted by atomic mass is 16.5. The molecule has 2 aliphatic rings. The summed E-state index contributed by atoms with van der Waals surface area (Å²) in [6, 6.07) is 1.96. The molecule has 26 heavy (non-hydrogen) atoms. The van der Waals surface area contributed by atoms with E-state index in [0.29, 0.717) is 18.7 Å². The number of pyridine rings is 1. The number of fused-ring (bicyclic) bond motifs is 1. The molecule has 1 fully saturated rings. The minimum absolute atomic E-state index is 0.0194. The van der Waals surface area contributed by atoms with Crippen molar-refractivity contribution in [2.45, 2.75) is 39.3 Å². The van der Waals surface area contributed by atoms with E-state index in [9.17, 15) is 4.79 Å². The molecule has 0 atom stereocenters. The zero-order chi connectivity index (χ0) is 18.5. The fourth-order valence-corrected chi connectivity index (χ4v) is 3.34. The van der Waals surface area contributed by atoms with Gasteiger partial charge in [-0.2, -0.15) is 0 Å². The third kappa shape index (κ3) is 4.02. The number of allylic oxidation sites excluding steroid dienone is 1. The Labute approximate surface area is 154 Å². The summed E-state index contributed by atoms with van der Waals surface area (Å²) in [4.78, 5) is 22.9. The second kappa shape index (κ2) is 8.27. The molecule has 6 nitrogen and oxygen atoms in total. The Morgan fingerprint density at radius 3 is 2.96 bits per heavy atom. The van der Waals surface area contributed by atoms with Gasteiger partial charge in [0.25, 0.3) is 5.91 Å². The normalized spacial score (nSPS) is 18.3. The molecule has 0 aromatic carbocycles. The molecule has 6 heteroatoms. The number of piperidine rings is 1. The maximum atomic E-state index is 11.8. The van der Waals surface area contributed by atoms with E-state index in [-0.39, 0.29) is 12.0 Å². The molecule has 1 N–H and O–H groups in total. The van der Waals surface area contributed by atoms with Gasteiger partial charge in [-0.25, -0.2) is 4.98 Å². The number of nitrogens with zero attached hydrogens (tertiary/aromatic N) is 3. The first-order valence-corrected chi connectivity index (χ1v) is 9.07. The SMILES string of the molecule is C=CN=C/C(=C\C)COC1CCN(c2nc3c(cc2C)C(=O)NC3)CC1. The van der Waals surface area contributed by atoms with Gasteiger partial charge in [0.15, 0.2) is 0 Å². The van der Waals surface area contributed by atoms with Gasteiger partial charge in [0, 0.05) is 25.5 Å². The average Bonchev–Trinajstić information content (AvgIpc) is 3.02. The number of anilines is 1. The monoisotopic (exact) mass is 354 g/mol. The van der Waals surface area contributed by atoms with Crippen LogP contribution in [0.15, 0.2) is 35.5 Å². The third-order valence-corrected chi connectivity index (χ3v) is 4.87. The van der Waals surface area contributed by atoms with Crippen LogP contribution in [0.5, 0.6) is 0 Å². The molecule has 138 valence electrons. The van der Waals surface area contributed by atoms with Gasteiger partial charge in [-0.1, -0.05) is 12.7 Å². The summed E-state index contributed by atoms with van der Waals surface area (Å²) in [5.74, 6) is 0.972. The quantitative estimate of drug-likeness (QED) is 0.798. The molecule has 3 rings (SSSR count). The van der Waals surface area contributed by atoms with Crippen molar-refractivity contribution in [2.24, 2.45) is 4.99 Å². The molecule has 1 aromatic heterocycles. The lowest BCUT2D eigenvalue weighted by molar-refractivity contribution is 0.0540. The summed E-state index contributed by atoms with van der Waals surface area (Å²) in [6.45, 7) is 10.5. The lowest BCUT2D eigenvalue weighted by Gasteiger charge is -2.33. The zero-order valence-electron chi connectivity index (χ0n) is 15.5. The van der Waals surface area contributed by atoms with Crippen molar-refractivity contribution in [1.29, 1.82) is 0 Å². The van der Waals surface area contributed by atoms with Crippen molar-refractivity contribution in [3.63, 3.8) is 0 Å². The number of hydrogen-bond donors (Lipinski definition) is 1. The summed E-state index contributed by atoms with van der Waals surface area (Å²) >= 11 is 0. The van der Waals surface area contributed by atoms with Crippen LogP contribution in [0.3, 0.4) is 0 Å². The van der Waals surface area contributed by atoms with Gasteiger partial charge < -0.3 is 15.0 Å². The summed E-state index contributed by atoms with van der Waals surface area (Å²) in [5, 5.41) is 2.83. The van der Waals surface area contributed by atoms with Crippen LogP contribution in [0, 0.1) is 6.92 Å². The number of carbonyl (C=O) groups excluding carboxylic acids is 1. The highest BCUT2D eigenvalue weighted by Gasteiger charge is 2.26. The van der Waals surface area contributed by atoms with Crippen LogP contribution in [0.25, 0.3) is 0 Å². The van der Waals surface area contributed by atoms with Crippen LogP contribution in [0.1, 0.15) is 41.4 Å². The van der Waals surface area contributed by atoms with E-state index in [2.05, 4.69) is 21.8 Å². The lowest BCUT2D eigenvalue weighted by Crippen LogP contribution is -2.38. The van der Waals surface area contributed by atoms with Crippen LogP contribution in [0.2, 0.25) is 0 Å². The first-order valence-electron chi connectivity index (χ1n) is 9.07. The number of aryl methyl sites for hydroxylation is 1. The van der Waals surface area contributed by atoms with E-state index >= 15 is 0 Å². The summed E-state index contributed by atoms with van der Waals surface area (Å²) < 4.78 is 6.04. The van der Waals surface area contributed by atoms with Crippen molar-refractivity contribution in [2.75, 3.05) is 24.6 Å². The van der Waals surface area contributed by atoms with Gasteiger partial charge in [0.05, 0.1) is 30.5 Å². The van der Waals surface area contributed by atoms with Crippen LogP contribution in [-0.2, 0) is 11.3 Å². The number of nitrogens with one attached hydrogen (secondary N) is 1. The Morgan fingerprint density at radius 1 is 1.50 bits per heavy atom. The molecular formula is C20H26N4O2. The van der Waals surface area contributed by atoms with Gasteiger partial charge in [-0.3, -0.25) is 9.79 Å². The van der Waals surface area contributed by atoms with Crippen LogP contribution >= 0.6 is 0 Å². The Morgan fingerprint density at radius 2 is 2.27 bits per heavy atom. The number of carbonyl (C=O) groups is 1. The number of ether oxygens (including phenoxy) is 1. The minimum Gasteiger partial charge on any atom is -0.373 e. The smallest absolute Gasteiger partial charge is 0.253 e. The number of aliphatic imine (C=N–C) groups is 1. The third-order valence-electron chi connectivity index (χ3n) is 4.87. The standard InChI is InChI=1S/C20H26N4O2/c1-4-15(11-21-5-2)13-26-16-6-8-24(9-7-16)19-14(3)10-17-18(23-19)12-22-20(17)25/h4-5,10-11,16H,2,6-9,12-13H2,1,3H3,(H,22,25)/b15-4+,21-11?. The molecule has 0 radical (unpaired) electrons. The van der Waals surface area contributed by atoms with Gasteiger partial charge >= 0.3 is 0 Å². The van der Waals surface area contributed by atoms with Crippen molar-refractivity contribution in [1.82, 2.24) is 10.3 Å². The number of hydrogen-bond acceptors (Lipinski definition) is 5. The van der Waals surface area contributed by atoms with E-state index in [1.807, 2.05) is 26.0 Å². The largest absolute Gasteiger partial charge is 0.373 e. The van der Waals surface area contributed by atoms with Gasteiger partial charge in [-0.15, -0.1) is 0 Å². The zero-order valence-corrected chi connectivity index (χ0v) is 15.5. The predicted octanol–water partition coefficient (Wildman–Crippen LogP) is 2.78. The molecule has 0 aliphatic carbocycles. The summed E-state index contributed by atoms with van der Waals surface area (Å²) in [6.07, 6.45) is 7.49. The number of rotatable bonds is 6. The fraction of sp³-hybridized carbons (Fsp3) is 0.450. The van der Waals surface area contributed by atoms with Crippen molar-refractivity contribution in [3.8, 4) is 0 Å². The molecule has 0 bridgehead atoms. The molecule has 1 aromatic rings. The molecule has 1 amide bonds. The van der Waals surface area contributed by atoms with E-state index in [0.717, 1.165) is 48.6 Å². The summed E-state index contributed by atoms with van der Waals surface area (Å²) in [5.41, 5.74) is 3.68. The van der Waals surface area contributed by atoms with E-state index < -0.39 is 0 Å². The second-order valence-corrected chi connectivity index (χ2v) is 6.63. The van der Waals surface area contributed by atoms with Crippen molar-refractivity contribution >= 4 is 17.9 Å². The lowest BCUT2D eigenvalue weighted by atomic mass is 10.1. The first-order chi connectivity index (χ1) is 12.6. The van der Waals surface area contributed by atoms with Gasteiger partial charge in [0.2, 0.25) is 0 Å². The molecule has 0 saturated carbocycles. The second-order valence-electron chi connectivity index (χ2n) is 6.63. The van der Waals surface area contributed by atoms with Gasteiger partial charge in [-0.05, 0) is 43.9 Å². The number of amides is 1. The molecule has 3 heterocycles. The van der Waals surface area contributed by atoms with Crippen LogP contribution in [-0.4, -0.2) is 42.9 Å². The maximum absolute atomic E-state index is 11.8. The van der Waals surface area contributed by atoms with E-state index in [1.165, 1.54) is 6.20 Å². The fourth-order valence-electron chi connectivity index (χ4n) is 3.34. The Bertz CT molecular complexity index is 746. The van der Waals surface area contributed by atoms with Crippen molar-refractivity contribution < 1.29 is 9.53 Å². The Balaban J connectivity index is 1.57.